The summed E-state index contributed by atoms with van der Waals surface area (Å²) in [7, 11) is 0. The van der Waals surface area contributed by atoms with Gasteiger partial charge in [0.1, 0.15) is 17.3 Å². The molecule has 186 valence electrons. The Kier molecular flexibility index (Phi) is 8.15. The zero-order chi connectivity index (χ0) is 24.8. The van der Waals surface area contributed by atoms with Crippen LogP contribution in [0.1, 0.15) is 26.2 Å². The molecule has 0 radical (unpaired) electrons. The van der Waals surface area contributed by atoms with Gasteiger partial charge in [0.15, 0.2) is 11.2 Å². The van der Waals surface area contributed by atoms with E-state index in [1.54, 1.807) is 22.9 Å². The molecule has 8 heteroatoms. The van der Waals surface area contributed by atoms with E-state index in [9.17, 15) is 14.7 Å². The van der Waals surface area contributed by atoms with Gasteiger partial charge in [0.05, 0.1) is 37.3 Å². The van der Waals surface area contributed by atoms with Crippen molar-refractivity contribution < 1.29 is 23.8 Å². The van der Waals surface area contributed by atoms with E-state index in [4.69, 9.17) is 9.47 Å². The van der Waals surface area contributed by atoms with Crippen molar-refractivity contribution in [2.75, 3.05) is 39.5 Å². The Labute approximate surface area is 203 Å². The number of nitrogens with zero attached hydrogens (tertiary/aromatic N) is 2. The predicted molar refractivity (Wildman–Crippen MR) is 133 cm³/mol. The van der Waals surface area contributed by atoms with Gasteiger partial charge in [-0.25, -0.2) is 4.39 Å². The number of ether oxygens (including phenoxy) is 2. The highest BCUT2D eigenvalue weighted by Gasteiger charge is 2.20. The van der Waals surface area contributed by atoms with Crippen LogP contribution in [0.2, 0.25) is 0 Å². The predicted octanol–water partition coefficient (Wildman–Crippen LogP) is 3.98. The number of hydrogen-bond donors (Lipinski definition) is 1. The highest BCUT2D eigenvalue weighted by molar-refractivity contribution is 5.90. The molecule has 0 bridgehead atoms. The Balaban J connectivity index is 1.69. The largest absolute Gasteiger partial charge is 0.508 e. The van der Waals surface area contributed by atoms with Gasteiger partial charge in [0.2, 0.25) is 0 Å². The van der Waals surface area contributed by atoms with Crippen LogP contribution in [0.25, 0.3) is 22.0 Å². The fourth-order valence-electron chi connectivity index (χ4n) is 4.36. The summed E-state index contributed by atoms with van der Waals surface area (Å²) >= 11 is 0. The average Bonchev–Trinajstić information content (AvgIpc) is 2.86. The summed E-state index contributed by atoms with van der Waals surface area (Å²) in [5.41, 5.74) is 0.585. The van der Waals surface area contributed by atoms with Gasteiger partial charge >= 0.3 is 0 Å². The van der Waals surface area contributed by atoms with Gasteiger partial charge in [0.25, 0.3) is 0 Å². The number of Topliss-reactive ketones (excluding diaryl/α,β-unsaturated/α-hetero) is 1. The maximum absolute atomic E-state index is 15.0. The molecule has 4 rings (SSSR count). The number of carbonyl (C=O) groups is 1. The topological polar surface area (TPSA) is 81.0 Å². The minimum absolute atomic E-state index is 0.00306. The number of ketones is 1. The monoisotopic (exact) mass is 482 g/mol. The van der Waals surface area contributed by atoms with Crippen molar-refractivity contribution in [3.63, 3.8) is 0 Å². The van der Waals surface area contributed by atoms with Crippen molar-refractivity contribution in [2.45, 2.75) is 32.7 Å². The summed E-state index contributed by atoms with van der Waals surface area (Å²) in [4.78, 5) is 28.6. The fourth-order valence-corrected chi connectivity index (χ4v) is 4.36. The summed E-state index contributed by atoms with van der Waals surface area (Å²) in [6.45, 7) is 6.34. The molecule has 3 aromatic rings. The van der Waals surface area contributed by atoms with E-state index >= 15 is 4.39 Å². The third kappa shape index (κ3) is 5.89. The first kappa shape index (κ1) is 24.9. The SMILES string of the molecule is CCCOc1ccc(F)c2c(=O)c(-c3ccc(O)cc3)cn(CC(=O)CCCN3CCOCC3)c12. The molecule has 0 aliphatic carbocycles. The Morgan fingerprint density at radius 3 is 2.60 bits per heavy atom. The standard InChI is InChI=1S/C27H31FN2O5/c1-2-14-35-24-10-9-23(28)25-26(24)30(17-21(32)4-3-11-29-12-15-34-16-13-29)18-22(27(25)33)19-5-7-20(31)8-6-19/h5-10,18,31H,2-4,11-17H2,1H3. The first-order valence-corrected chi connectivity index (χ1v) is 12.1. The van der Waals surface area contributed by atoms with Crippen molar-refractivity contribution in [3.05, 3.63) is 58.6 Å². The molecular formula is C27H31FN2O5. The molecule has 2 aromatic carbocycles. The van der Waals surface area contributed by atoms with E-state index in [0.717, 1.165) is 32.5 Å². The molecule has 0 atom stereocenters. The number of aromatic nitrogens is 1. The fraction of sp³-hybridized carbons (Fsp3) is 0.407. The van der Waals surface area contributed by atoms with Gasteiger partial charge < -0.3 is 19.1 Å². The first-order valence-electron chi connectivity index (χ1n) is 12.1. The minimum Gasteiger partial charge on any atom is -0.508 e. The maximum Gasteiger partial charge on any atom is 0.200 e. The molecule has 0 saturated carbocycles. The number of hydrogen-bond acceptors (Lipinski definition) is 6. The minimum atomic E-state index is -0.664. The van der Waals surface area contributed by atoms with Crippen LogP contribution in [-0.2, 0) is 16.1 Å². The normalized spacial score (nSPS) is 14.3. The Hall–Kier alpha value is -3.23. The number of phenols is 1. The number of fused-ring (bicyclic) bond motifs is 1. The van der Waals surface area contributed by atoms with Crippen LogP contribution >= 0.6 is 0 Å². The smallest absolute Gasteiger partial charge is 0.200 e. The molecule has 1 N–H and O–H groups in total. The van der Waals surface area contributed by atoms with Gasteiger partial charge in [-0.1, -0.05) is 19.1 Å². The first-order chi connectivity index (χ1) is 17.0. The van der Waals surface area contributed by atoms with Crippen molar-refractivity contribution in [2.24, 2.45) is 0 Å². The van der Waals surface area contributed by atoms with Crippen molar-refractivity contribution in [3.8, 4) is 22.6 Å². The Bertz CT molecular complexity index is 1230. The highest BCUT2D eigenvalue weighted by Crippen LogP contribution is 2.30. The molecule has 35 heavy (non-hydrogen) atoms. The average molecular weight is 483 g/mol. The Morgan fingerprint density at radius 2 is 1.89 bits per heavy atom. The summed E-state index contributed by atoms with van der Waals surface area (Å²) in [6, 6.07) is 8.87. The molecule has 1 aliphatic heterocycles. The number of carbonyl (C=O) groups excluding carboxylic acids is 1. The summed E-state index contributed by atoms with van der Waals surface area (Å²) in [5.74, 6) is -0.237. The second-order valence-corrected chi connectivity index (χ2v) is 8.76. The quantitative estimate of drug-likeness (QED) is 0.471. The van der Waals surface area contributed by atoms with Crippen LogP contribution in [0.15, 0.2) is 47.4 Å². The summed E-state index contributed by atoms with van der Waals surface area (Å²) < 4.78 is 27.9. The zero-order valence-electron chi connectivity index (χ0n) is 20.0. The summed E-state index contributed by atoms with van der Waals surface area (Å²) in [5, 5.41) is 9.54. The van der Waals surface area contributed by atoms with Crippen LogP contribution < -0.4 is 10.2 Å². The number of pyridine rings is 1. The summed E-state index contributed by atoms with van der Waals surface area (Å²) in [6.07, 6.45) is 3.43. The van der Waals surface area contributed by atoms with Gasteiger partial charge in [-0.05, 0) is 49.2 Å². The lowest BCUT2D eigenvalue weighted by Crippen LogP contribution is -2.37. The molecule has 1 fully saturated rings. The van der Waals surface area contributed by atoms with Crippen LogP contribution in [0.3, 0.4) is 0 Å². The highest BCUT2D eigenvalue weighted by atomic mass is 19.1. The third-order valence-electron chi connectivity index (χ3n) is 6.15. The lowest BCUT2D eigenvalue weighted by atomic mass is 10.0. The number of morpholine rings is 1. The number of benzene rings is 2. The van der Waals surface area contributed by atoms with Gasteiger partial charge in [-0.2, -0.15) is 0 Å². The van der Waals surface area contributed by atoms with E-state index < -0.39 is 11.2 Å². The van der Waals surface area contributed by atoms with Crippen molar-refractivity contribution in [1.82, 2.24) is 9.47 Å². The number of halogens is 1. The molecular weight excluding hydrogens is 451 g/mol. The van der Waals surface area contributed by atoms with Crippen LogP contribution in [0.5, 0.6) is 11.5 Å². The molecule has 7 nitrogen and oxygen atoms in total. The van der Waals surface area contributed by atoms with Gasteiger partial charge in [0, 0.05) is 31.3 Å². The Morgan fingerprint density at radius 1 is 1.14 bits per heavy atom. The third-order valence-corrected chi connectivity index (χ3v) is 6.15. The van der Waals surface area contributed by atoms with Crippen molar-refractivity contribution >= 4 is 16.7 Å². The van der Waals surface area contributed by atoms with E-state index in [1.165, 1.54) is 24.3 Å². The zero-order valence-corrected chi connectivity index (χ0v) is 20.0. The van der Waals surface area contributed by atoms with Crippen LogP contribution in [0.4, 0.5) is 4.39 Å². The number of aromatic hydroxyl groups is 1. The molecule has 1 saturated heterocycles. The van der Waals surface area contributed by atoms with Gasteiger partial charge in [-0.3, -0.25) is 14.5 Å². The molecule has 0 amide bonds. The second kappa shape index (κ2) is 11.5. The number of rotatable bonds is 10. The molecule has 2 heterocycles. The molecule has 0 unspecified atom stereocenters. The molecule has 1 aliphatic rings. The molecule has 1 aromatic heterocycles. The van der Waals surface area contributed by atoms with E-state index in [-0.39, 0.29) is 34.5 Å². The van der Waals surface area contributed by atoms with E-state index in [2.05, 4.69) is 4.90 Å². The maximum atomic E-state index is 15.0. The van der Waals surface area contributed by atoms with Crippen LogP contribution in [-0.4, -0.2) is 59.8 Å². The van der Waals surface area contributed by atoms with Gasteiger partial charge in [-0.15, -0.1) is 0 Å². The second-order valence-electron chi connectivity index (χ2n) is 8.76. The lowest BCUT2D eigenvalue weighted by Gasteiger charge is -2.26. The van der Waals surface area contributed by atoms with E-state index in [1.807, 2.05) is 6.92 Å². The lowest BCUT2D eigenvalue weighted by molar-refractivity contribution is -0.119. The number of phenolic OH excluding ortho intramolecular Hbond substituents is 1. The molecule has 0 spiro atoms. The van der Waals surface area contributed by atoms with Crippen molar-refractivity contribution in [1.29, 1.82) is 0 Å². The van der Waals surface area contributed by atoms with E-state index in [0.29, 0.717) is 37.6 Å². The van der Waals surface area contributed by atoms with Crippen LogP contribution in [0, 0.1) is 5.82 Å².